The van der Waals surface area contributed by atoms with Crippen LogP contribution in [0, 0.1) is 0 Å². The van der Waals surface area contributed by atoms with Gasteiger partial charge in [0.2, 0.25) is 5.91 Å². The first-order valence-corrected chi connectivity index (χ1v) is 6.04. The van der Waals surface area contributed by atoms with Crippen molar-refractivity contribution in [3.8, 4) is 0 Å². The van der Waals surface area contributed by atoms with Gasteiger partial charge in [0.25, 0.3) is 0 Å². The molecule has 0 aliphatic rings. The molecule has 14 heavy (non-hydrogen) atoms. The van der Waals surface area contributed by atoms with E-state index in [4.69, 9.17) is 5.73 Å². The Morgan fingerprint density at radius 2 is 2.36 bits per heavy atom. The molecule has 0 bridgehead atoms. The number of thiophene rings is 1. The molecule has 0 spiro atoms. The van der Waals surface area contributed by atoms with Crippen LogP contribution in [0.2, 0.25) is 0 Å². The van der Waals surface area contributed by atoms with Gasteiger partial charge in [-0.15, -0.1) is 11.3 Å². The van der Waals surface area contributed by atoms with E-state index in [9.17, 15) is 4.79 Å². The van der Waals surface area contributed by atoms with E-state index in [-0.39, 0.29) is 5.91 Å². The first-order chi connectivity index (χ1) is 6.72. The van der Waals surface area contributed by atoms with Gasteiger partial charge in [-0.25, -0.2) is 0 Å². The summed E-state index contributed by atoms with van der Waals surface area (Å²) in [5.41, 5.74) is 5.32. The monoisotopic (exact) mass is 276 g/mol. The van der Waals surface area contributed by atoms with Crippen LogP contribution in [0.4, 0.5) is 0 Å². The molecule has 5 heteroatoms. The second kappa shape index (κ2) is 6.16. The van der Waals surface area contributed by atoms with Crippen molar-refractivity contribution in [1.29, 1.82) is 0 Å². The average Bonchev–Trinajstić information content (AvgIpc) is 2.52. The highest BCUT2D eigenvalue weighted by molar-refractivity contribution is 9.11. The van der Waals surface area contributed by atoms with Gasteiger partial charge in [-0.05, 0) is 41.0 Å². The molecule has 0 atom stereocenters. The summed E-state index contributed by atoms with van der Waals surface area (Å²) in [6, 6.07) is 3.91. The zero-order valence-electron chi connectivity index (χ0n) is 7.75. The number of hydrogen-bond acceptors (Lipinski definition) is 3. The van der Waals surface area contributed by atoms with Crippen LogP contribution in [0.5, 0.6) is 0 Å². The maximum absolute atomic E-state index is 11.3. The Labute approximate surface area is 95.8 Å². The zero-order valence-corrected chi connectivity index (χ0v) is 10.2. The van der Waals surface area contributed by atoms with E-state index in [2.05, 4.69) is 21.2 Å². The smallest absolute Gasteiger partial charge is 0.225 e. The summed E-state index contributed by atoms with van der Waals surface area (Å²) in [7, 11) is 0. The second-order valence-corrected chi connectivity index (χ2v) is 5.42. The minimum atomic E-state index is 0.0628. The first kappa shape index (κ1) is 11.7. The van der Waals surface area contributed by atoms with Crippen LogP contribution in [-0.4, -0.2) is 19.0 Å². The minimum absolute atomic E-state index is 0.0628. The van der Waals surface area contributed by atoms with E-state index >= 15 is 0 Å². The van der Waals surface area contributed by atoms with Crippen molar-refractivity contribution in [2.24, 2.45) is 5.73 Å². The number of hydrogen-bond donors (Lipinski definition) is 2. The lowest BCUT2D eigenvalue weighted by molar-refractivity contribution is -0.120. The van der Waals surface area contributed by atoms with Crippen LogP contribution in [0.25, 0.3) is 0 Å². The highest BCUT2D eigenvalue weighted by Crippen LogP contribution is 2.22. The molecule has 1 aromatic heterocycles. The summed E-state index contributed by atoms with van der Waals surface area (Å²) in [5, 5.41) is 2.81. The molecule has 0 saturated heterocycles. The largest absolute Gasteiger partial charge is 0.356 e. The van der Waals surface area contributed by atoms with Crippen LogP contribution >= 0.6 is 27.3 Å². The summed E-state index contributed by atoms with van der Waals surface area (Å²) in [5.74, 6) is 0.0628. The number of nitrogens with one attached hydrogen (secondary N) is 1. The third kappa shape index (κ3) is 4.21. The Morgan fingerprint density at radius 3 is 2.93 bits per heavy atom. The maximum atomic E-state index is 11.3. The summed E-state index contributed by atoms with van der Waals surface area (Å²) in [6.07, 6.45) is 1.29. The molecule has 78 valence electrons. The predicted octanol–water partition coefficient (Wildman–Crippen LogP) is 1.52. The van der Waals surface area contributed by atoms with Gasteiger partial charge >= 0.3 is 0 Å². The fourth-order valence-corrected chi connectivity index (χ4v) is 2.48. The number of nitrogens with two attached hydrogens (primary N) is 1. The van der Waals surface area contributed by atoms with E-state index in [1.165, 1.54) is 0 Å². The van der Waals surface area contributed by atoms with Crippen LogP contribution in [0.15, 0.2) is 15.9 Å². The molecular formula is C9H13BrN2OS. The van der Waals surface area contributed by atoms with Gasteiger partial charge in [-0.1, -0.05) is 0 Å². The van der Waals surface area contributed by atoms with Gasteiger partial charge in [-0.3, -0.25) is 4.79 Å². The Hall–Kier alpha value is -0.390. The molecule has 1 rings (SSSR count). The number of carbonyl (C=O) groups excluding carboxylic acids is 1. The molecule has 0 aromatic carbocycles. The molecule has 0 aliphatic heterocycles. The summed E-state index contributed by atoms with van der Waals surface area (Å²) in [6.45, 7) is 1.28. The van der Waals surface area contributed by atoms with Gasteiger partial charge in [0.1, 0.15) is 0 Å². The zero-order chi connectivity index (χ0) is 10.4. The van der Waals surface area contributed by atoms with Crippen molar-refractivity contribution in [3.05, 3.63) is 20.8 Å². The maximum Gasteiger partial charge on any atom is 0.225 e. The lowest BCUT2D eigenvalue weighted by Crippen LogP contribution is -2.27. The highest BCUT2D eigenvalue weighted by Gasteiger charge is 2.04. The molecule has 1 amide bonds. The van der Waals surface area contributed by atoms with Crippen molar-refractivity contribution in [2.75, 3.05) is 13.1 Å². The van der Waals surface area contributed by atoms with Gasteiger partial charge in [0.15, 0.2) is 0 Å². The molecule has 0 unspecified atom stereocenters. The average molecular weight is 277 g/mol. The molecule has 0 aliphatic carbocycles. The Morgan fingerprint density at radius 1 is 1.57 bits per heavy atom. The molecule has 1 aromatic rings. The fourth-order valence-electron chi connectivity index (χ4n) is 0.997. The molecule has 3 N–H and O–H groups in total. The van der Waals surface area contributed by atoms with Crippen molar-refractivity contribution < 1.29 is 4.79 Å². The molecule has 0 saturated carbocycles. The topological polar surface area (TPSA) is 55.1 Å². The van der Waals surface area contributed by atoms with Gasteiger partial charge in [-0.2, -0.15) is 0 Å². The normalized spacial score (nSPS) is 10.1. The second-order valence-electron chi connectivity index (χ2n) is 2.87. The number of rotatable bonds is 5. The number of amides is 1. The molecule has 1 heterocycles. The third-order valence-electron chi connectivity index (χ3n) is 1.67. The van der Waals surface area contributed by atoms with Crippen LogP contribution in [-0.2, 0) is 11.2 Å². The lowest BCUT2D eigenvalue weighted by atomic mass is 10.3. The highest BCUT2D eigenvalue weighted by atomic mass is 79.9. The predicted molar refractivity (Wildman–Crippen MR) is 62.4 cm³/mol. The molecule has 3 nitrogen and oxygen atoms in total. The van der Waals surface area contributed by atoms with Crippen LogP contribution < -0.4 is 11.1 Å². The lowest BCUT2D eigenvalue weighted by Gasteiger charge is -2.01. The Bertz CT molecular complexity index is 301. The summed E-state index contributed by atoms with van der Waals surface area (Å²) in [4.78, 5) is 12.4. The van der Waals surface area contributed by atoms with E-state index in [1.807, 2.05) is 12.1 Å². The SMILES string of the molecule is NCCCNC(=O)Cc1ccc(Br)s1. The molecule has 0 fully saturated rings. The van der Waals surface area contributed by atoms with Crippen molar-refractivity contribution in [3.63, 3.8) is 0 Å². The van der Waals surface area contributed by atoms with Gasteiger partial charge in [0, 0.05) is 11.4 Å². The van der Waals surface area contributed by atoms with Crippen LogP contribution in [0.3, 0.4) is 0 Å². The molecule has 0 radical (unpaired) electrons. The van der Waals surface area contributed by atoms with E-state index < -0.39 is 0 Å². The van der Waals surface area contributed by atoms with Crippen molar-refractivity contribution in [2.45, 2.75) is 12.8 Å². The number of halogens is 1. The Balaban J connectivity index is 2.27. The quantitative estimate of drug-likeness (QED) is 0.802. The van der Waals surface area contributed by atoms with Crippen LogP contribution in [0.1, 0.15) is 11.3 Å². The van der Waals surface area contributed by atoms with Crippen molar-refractivity contribution in [1.82, 2.24) is 5.32 Å². The summed E-state index contributed by atoms with van der Waals surface area (Å²) < 4.78 is 1.06. The van der Waals surface area contributed by atoms with E-state index in [1.54, 1.807) is 11.3 Å². The van der Waals surface area contributed by atoms with Crippen molar-refractivity contribution >= 4 is 33.2 Å². The first-order valence-electron chi connectivity index (χ1n) is 4.43. The molecular weight excluding hydrogens is 264 g/mol. The Kier molecular flexibility index (Phi) is 5.14. The van der Waals surface area contributed by atoms with E-state index in [0.717, 1.165) is 15.1 Å². The third-order valence-corrected chi connectivity index (χ3v) is 3.29. The van der Waals surface area contributed by atoms with E-state index in [0.29, 0.717) is 19.5 Å². The number of carbonyl (C=O) groups is 1. The minimum Gasteiger partial charge on any atom is -0.356 e. The standard InChI is InChI=1S/C9H13BrN2OS/c10-8-3-2-7(14-8)6-9(13)12-5-1-4-11/h2-3H,1,4-6,11H2,(H,12,13). The summed E-state index contributed by atoms with van der Waals surface area (Å²) >= 11 is 4.94. The van der Waals surface area contributed by atoms with Gasteiger partial charge < -0.3 is 11.1 Å². The van der Waals surface area contributed by atoms with Gasteiger partial charge in [0.05, 0.1) is 10.2 Å². The fraction of sp³-hybridized carbons (Fsp3) is 0.444.